The molecule has 0 saturated carbocycles. The number of rotatable bonds is 0. The molecule has 20 valence electrons. The van der Waals surface area contributed by atoms with Crippen LogP contribution in [0.2, 0.25) is 0 Å². The minimum Gasteiger partial charge on any atom is -0.140 e. The topological polar surface area (TPSA) is 0 Å². The Balaban J connectivity index is 0. The van der Waals surface area contributed by atoms with Gasteiger partial charge in [0.05, 0.1) is 0 Å². The van der Waals surface area contributed by atoms with Gasteiger partial charge < -0.3 is 0 Å². The third-order valence-electron chi connectivity index (χ3n) is 0. The summed E-state index contributed by atoms with van der Waals surface area (Å²) >= 11 is 7.61. The van der Waals surface area contributed by atoms with Gasteiger partial charge in [-0.15, -0.1) is 12.6 Å². The second-order valence-corrected chi connectivity index (χ2v) is 0.949. The average Bonchev–Trinajstić information content (AvgIpc) is 0.918. The Hall–Kier alpha value is 1.06. The number of thiol groups is 1. The fourth-order valence-corrected chi connectivity index (χ4v) is 0. The monoisotopic (exact) mass is 142 g/mol. The van der Waals surface area contributed by atoms with Crippen LogP contribution >= 0.6 is 24.8 Å². The summed E-state index contributed by atoms with van der Waals surface area (Å²) in [6.45, 7) is 0. The molecule has 0 spiro atoms. The van der Waals surface area contributed by atoms with Crippen LogP contribution in [0, 0.1) is 0 Å². The second-order valence-electron chi connectivity index (χ2n) is 0.105. The molecule has 0 aromatic carbocycles. The van der Waals surface area contributed by atoms with E-state index in [-0.39, 0.29) is 19.5 Å². The molecule has 0 N–H and O–H groups in total. The fourth-order valence-electron chi connectivity index (χ4n) is 0. The van der Waals surface area contributed by atoms with Crippen LogP contribution in [0.4, 0.5) is 0 Å². The van der Waals surface area contributed by atoms with E-state index in [0.29, 0.717) is 0 Å². The Labute approximate surface area is 49.1 Å². The van der Waals surface area contributed by atoms with E-state index in [1.807, 2.05) is 0 Å². The van der Waals surface area contributed by atoms with Crippen LogP contribution in [0.3, 0.4) is 0 Å². The van der Waals surface area contributed by atoms with E-state index in [9.17, 15) is 0 Å². The van der Waals surface area contributed by atoms with Crippen LogP contribution in [0.1, 0.15) is 0 Å². The number of thiocarbonyl (C=S) groups is 1. The maximum Gasteiger partial charge on any atom is 0.0310 e. The van der Waals surface area contributed by atoms with Crippen molar-refractivity contribution in [1.29, 1.82) is 0 Å². The molecule has 0 unspecified atom stereocenters. The molecule has 0 amide bonds. The van der Waals surface area contributed by atoms with Gasteiger partial charge in [-0.2, -0.15) is 0 Å². The van der Waals surface area contributed by atoms with Gasteiger partial charge >= 0.3 is 0 Å². The first-order valence-electron chi connectivity index (χ1n) is 0.494. The number of hydrogen-bond donors (Lipinski definition) is 1. The molecule has 0 rings (SSSR count). The Kier molecular flexibility index (Phi) is 19.9. The summed E-state index contributed by atoms with van der Waals surface area (Å²) in [5, 5.41) is 0. The zero-order valence-electron chi connectivity index (χ0n) is 2.14. The van der Waals surface area contributed by atoms with Gasteiger partial charge in [-0.05, 0) is 0 Å². The molecule has 0 radical (unpaired) electrons. The van der Waals surface area contributed by atoms with Crippen molar-refractivity contribution < 1.29 is 19.5 Å². The van der Waals surface area contributed by atoms with Crippen LogP contribution in [0.15, 0.2) is 0 Å². The standard InChI is InChI=1S/CH2S2.Zn/c2-1-3;/h1H,(H,2,3);. The van der Waals surface area contributed by atoms with Gasteiger partial charge in [0, 0.05) is 24.2 Å². The molecule has 0 aliphatic rings. The third-order valence-corrected chi connectivity index (χ3v) is 0. The fraction of sp³-hybridized carbons (Fsp3) is 0. The average molecular weight is 144 g/mol. The number of hydrogen-bond acceptors (Lipinski definition) is 1. The summed E-state index contributed by atoms with van der Waals surface area (Å²) in [4.78, 5) is 0. The third kappa shape index (κ3) is 11.5. The summed E-state index contributed by atoms with van der Waals surface area (Å²) in [6, 6.07) is 0. The normalized spacial score (nSPS) is 3.25. The minimum atomic E-state index is 0. The minimum absolute atomic E-state index is 0. The van der Waals surface area contributed by atoms with Crippen LogP contribution in [0.25, 0.3) is 0 Å². The van der Waals surface area contributed by atoms with Gasteiger partial charge in [0.2, 0.25) is 0 Å². The molecule has 0 nitrogen and oxygen atoms in total. The van der Waals surface area contributed by atoms with Crippen molar-refractivity contribution in [2.75, 3.05) is 0 Å². The molecule has 0 saturated heterocycles. The first-order valence-corrected chi connectivity index (χ1v) is 1.48. The molecule has 0 aromatic heterocycles. The summed E-state index contributed by atoms with van der Waals surface area (Å²) in [7, 11) is 0. The van der Waals surface area contributed by atoms with Gasteiger partial charge in [-0.1, -0.05) is 12.2 Å². The Bertz CT molecular complexity index is 13.5. The second kappa shape index (κ2) is 8.96. The van der Waals surface area contributed by atoms with Crippen molar-refractivity contribution in [3.63, 3.8) is 0 Å². The Morgan fingerprint density at radius 2 is 1.75 bits per heavy atom. The predicted octanol–water partition coefficient (Wildman–Crippen LogP) is 0.871. The Morgan fingerprint density at radius 3 is 1.75 bits per heavy atom. The van der Waals surface area contributed by atoms with Gasteiger partial charge in [-0.3, -0.25) is 0 Å². The maximum absolute atomic E-state index is 4.13. The van der Waals surface area contributed by atoms with E-state index < -0.39 is 0 Å². The summed E-state index contributed by atoms with van der Waals surface area (Å²) in [6.07, 6.45) is 0. The zero-order valence-corrected chi connectivity index (χ0v) is 6.82. The largest absolute Gasteiger partial charge is 0.140 e. The molecule has 3 heteroatoms. The molecule has 0 aromatic rings. The molecule has 4 heavy (non-hydrogen) atoms. The van der Waals surface area contributed by atoms with Gasteiger partial charge in [0.1, 0.15) is 0 Å². The summed E-state index contributed by atoms with van der Waals surface area (Å²) < 4.78 is 1.28. The van der Waals surface area contributed by atoms with Crippen molar-refractivity contribution >= 4 is 29.5 Å². The summed E-state index contributed by atoms with van der Waals surface area (Å²) in [5.41, 5.74) is 0. The van der Waals surface area contributed by atoms with E-state index in [2.05, 4.69) is 24.8 Å². The smallest absolute Gasteiger partial charge is 0.0310 e. The molecule has 0 aliphatic carbocycles. The maximum atomic E-state index is 4.13. The van der Waals surface area contributed by atoms with Crippen molar-refractivity contribution in [3.05, 3.63) is 0 Å². The molecule has 0 bridgehead atoms. The van der Waals surface area contributed by atoms with Crippen LogP contribution in [-0.2, 0) is 19.5 Å². The summed E-state index contributed by atoms with van der Waals surface area (Å²) in [5.74, 6) is 0. The first kappa shape index (κ1) is 8.91. The van der Waals surface area contributed by atoms with Crippen molar-refractivity contribution in [2.45, 2.75) is 0 Å². The van der Waals surface area contributed by atoms with Gasteiger partial charge in [0.15, 0.2) is 0 Å². The zero-order chi connectivity index (χ0) is 2.71. The van der Waals surface area contributed by atoms with Crippen molar-refractivity contribution in [2.24, 2.45) is 0 Å². The van der Waals surface area contributed by atoms with E-state index in [0.717, 1.165) is 0 Å². The van der Waals surface area contributed by atoms with E-state index >= 15 is 0 Å². The molecule has 0 atom stereocenters. The quantitative estimate of drug-likeness (QED) is 0.298. The molecular formula is CH2S2Zn. The van der Waals surface area contributed by atoms with Crippen LogP contribution in [0.5, 0.6) is 0 Å². The van der Waals surface area contributed by atoms with Gasteiger partial charge in [-0.25, -0.2) is 0 Å². The molecular weight excluding hydrogens is 142 g/mol. The van der Waals surface area contributed by atoms with E-state index in [1.54, 1.807) is 0 Å². The van der Waals surface area contributed by atoms with E-state index in [1.165, 1.54) is 4.70 Å². The van der Waals surface area contributed by atoms with Crippen molar-refractivity contribution in [3.8, 4) is 0 Å². The van der Waals surface area contributed by atoms with Crippen LogP contribution in [-0.4, -0.2) is 4.70 Å². The Morgan fingerprint density at radius 1 is 1.75 bits per heavy atom. The SMILES string of the molecule is S=CS.[Zn]. The van der Waals surface area contributed by atoms with Crippen molar-refractivity contribution in [1.82, 2.24) is 0 Å². The first-order chi connectivity index (χ1) is 1.41. The molecule has 0 heterocycles. The predicted molar refractivity (Wildman–Crippen MR) is 22.6 cm³/mol. The van der Waals surface area contributed by atoms with E-state index in [4.69, 9.17) is 0 Å². The van der Waals surface area contributed by atoms with Crippen LogP contribution < -0.4 is 0 Å². The molecule has 0 fully saturated rings. The molecule has 0 aliphatic heterocycles. The van der Waals surface area contributed by atoms with Gasteiger partial charge in [0.25, 0.3) is 0 Å².